The normalized spacial score (nSPS) is 9.58. The second-order valence-electron chi connectivity index (χ2n) is 2.69. The second kappa shape index (κ2) is 6.14. The first kappa shape index (κ1) is 11.6. The fraction of sp³-hybridized carbons (Fsp3) is 0.556. The van der Waals surface area contributed by atoms with Crippen LogP contribution in [0.3, 0.4) is 0 Å². The van der Waals surface area contributed by atoms with E-state index in [1.807, 2.05) is 7.05 Å². The predicted molar refractivity (Wildman–Crippen MR) is 56.1 cm³/mol. The third-order valence-corrected chi connectivity index (χ3v) is 1.82. The number of rotatable bonds is 6. The summed E-state index contributed by atoms with van der Waals surface area (Å²) in [5, 5.41) is 0. The van der Waals surface area contributed by atoms with Gasteiger partial charge < -0.3 is 9.04 Å². The first-order chi connectivity index (χ1) is 5.57. The van der Waals surface area contributed by atoms with Crippen molar-refractivity contribution in [2.75, 3.05) is 20.3 Å². The molecule has 0 saturated carbocycles. The fourth-order valence-electron chi connectivity index (χ4n) is 0.509. The van der Waals surface area contributed by atoms with E-state index in [0.29, 0.717) is 13.2 Å². The molecule has 0 radical (unpaired) electrons. The molecule has 2 nitrogen and oxygen atoms in total. The Balaban J connectivity index is 3.44. The van der Waals surface area contributed by atoms with Gasteiger partial charge in [-0.1, -0.05) is 38.5 Å². The molecule has 3 heteroatoms. The van der Waals surface area contributed by atoms with E-state index in [1.54, 1.807) is 4.31 Å². The highest BCUT2D eigenvalue weighted by Gasteiger charge is 1.97. The predicted octanol–water partition coefficient (Wildman–Crippen LogP) is 2.26. The van der Waals surface area contributed by atoms with E-state index in [4.69, 9.17) is 4.74 Å². The van der Waals surface area contributed by atoms with Crippen LogP contribution in [0.5, 0.6) is 0 Å². The van der Waals surface area contributed by atoms with Crippen LogP contribution < -0.4 is 0 Å². The van der Waals surface area contributed by atoms with Crippen molar-refractivity contribution in [2.24, 2.45) is 0 Å². The lowest BCUT2D eigenvalue weighted by Gasteiger charge is -2.14. The Morgan fingerprint density at radius 3 is 2.42 bits per heavy atom. The molecule has 0 N–H and O–H groups in total. The van der Waals surface area contributed by atoms with E-state index < -0.39 is 0 Å². The van der Waals surface area contributed by atoms with E-state index in [-0.39, 0.29) is 0 Å². The Labute approximate surface area is 80.4 Å². The number of hydrogen-bond donors (Lipinski definition) is 1. The molecule has 12 heavy (non-hydrogen) atoms. The average Bonchev–Trinajstić information content (AvgIpc) is 2.03. The first-order valence-corrected chi connectivity index (χ1v) is 4.32. The summed E-state index contributed by atoms with van der Waals surface area (Å²) in [7, 11) is 1.82. The topological polar surface area (TPSA) is 12.5 Å². The Bertz CT molecular complexity index is 166. The number of likely N-dealkylation sites (N-methyl/N-ethyl adjacent to an activating group) is 1. The van der Waals surface area contributed by atoms with Crippen LogP contribution in [0.1, 0.15) is 13.3 Å². The van der Waals surface area contributed by atoms with E-state index in [1.165, 1.54) is 0 Å². The smallest absolute Gasteiger partial charge is 0.0871 e. The van der Waals surface area contributed by atoms with Gasteiger partial charge in [-0.2, -0.15) is 0 Å². The van der Waals surface area contributed by atoms with Crippen molar-refractivity contribution in [3.05, 3.63) is 24.4 Å². The maximum atomic E-state index is 5.32. The molecule has 0 saturated heterocycles. The lowest BCUT2D eigenvalue weighted by Crippen LogP contribution is -2.10. The van der Waals surface area contributed by atoms with Crippen LogP contribution >= 0.6 is 12.8 Å². The number of hydrogen-bond acceptors (Lipinski definition) is 3. The van der Waals surface area contributed by atoms with Gasteiger partial charge in [0.15, 0.2) is 0 Å². The fourth-order valence-corrected chi connectivity index (χ4v) is 0.566. The third kappa shape index (κ3) is 5.27. The highest BCUT2D eigenvalue weighted by molar-refractivity contribution is 7.77. The van der Waals surface area contributed by atoms with Crippen molar-refractivity contribution in [3.8, 4) is 0 Å². The molecule has 0 heterocycles. The van der Waals surface area contributed by atoms with Gasteiger partial charge in [-0.15, -0.1) is 0 Å². The van der Waals surface area contributed by atoms with Gasteiger partial charge in [-0.3, -0.25) is 0 Å². The Morgan fingerprint density at radius 1 is 1.42 bits per heavy atom. The summed E-state index contributed by atoms with van der Waals surface area (Å²) in [6, 6.07) is 0. The van der Waals surface area contributed by atoms with Crippen molar-refractivity contribution < 1.29 is 4.74 Å². The van der Waals surface area contributed by atoms with E-state index in [0.717, 1.165) is 17.7 Å². The van der Waals surface area contributed by atoms with Gasteiger partial charge in [0, 0.05) is 12.7 Å². The molecule has 0 atom stereocenters. The Kier molecular flexibility index (Phi) is 5.93. The molecule has 0 fully saturated rings. The highest BCUT2D eigenvalue weighted by atomic mass is 32.1. The van der Waals surface area contributed by atoms with Gasteiger partial charge in [-0.25, -0.2) is 0 Å². The molecule has 0 amide bonds. The number of thiol groups is 1. The molecule has 0 bridgehead atoms. The summed E-state index contributed by atoms with van der Waals surface area (Å²) in [6.45, 7) is 10.8. The quantitative estimate of drug-likeness (QED) is 0.506. The lowest BCUT2D eigenvalue weighted by atomic mass is 10.2. The molecule has 0 aromatic rings. The van der Waals surface area contributed by atoms with Gasteiger partial charge in [-0.05, 0) is 6.42 Å². The molecule has 0 rings (SSSR count). The second-order valence-corrected chi connectivity index (χ2v) is 3.29. The van der Waals surface area contributed by atoms with Crippen molar-refractivity contribution >= 4 is 12.8 Å². The summed E-state index contributed by atoms with van der Waals surface area (Å²) in [5.41, 5.74) is 1.95. The Morgan fingerprint density at radius 2 is 2.00 bits per heavy atom. The summed E-state index contributed by atoms with van der Waals surface area (Å²) < 4.78 is 6.97. The number of ether oxygens (including phenoxy) is 1. The van der Waals surface area contributed by atoms with Crippen molar-refractivity contribution in [2.45, 2.75) is 13.3 Å². The van der Waals surface area contributed by atoms with E-state index in [2.05, 4.69) is 32.9 Å². The maximum absolute atomic E-state index is 5.32. The summed E-state index contributed by atoms with van der Waals surface area (Å²) >= 11 is 4.07. The summed E-state index contributed by atoms with van der Waals surface area (Å²) in [4.78, 5) is 0. The third-order valence-electron chi connectivity index (χ3n) is 1.53. The van der Waals surface area contributed by atoms with Crippen molar-refractivity contribution in [1.29, 1.82) is 0 Å². The standard InChI is InChI=1S/C9H17NOS/c1-5-8(2)6-11-7-9(3)10(4)12/h12H,2-3,5-7H2,1,4H3. The zero-order valence-corrected chi connectivity index (χ0v) is 8.73. The van der Waals surface area contributed by atoms with Crippen LogP contribution in [0.4, 0.5) is 0 Å². The Hall–Kier alpha value is -0.410. The SMILES string of the molecule is C=C(CC)COCC(=C)N(C)S. The van der Waals surface area contributed by atoms with Crippen LogP contribution in [0.25, 0.3) is 0 Å². The van der Waals surface area contributed by atoms with Crippen LogP contribution in [-0.2, 0) is 4.74 Å². The van der Waals surface area contributed by atoms with Crippen molar-refractivity contribution in [3.63, 3.8) is 0 Å². The molecule has 70 valence electrons. The van der Waals surface area contributed by atoms with Gasteiger partial charge in [0.1, 0.15) is 0 Å². The number of nitrogens with zero attached hydrogens (tertiary/aromatic N) is 1. The highest BCUT2D eigenvalue weighted by Crippen LogP contribution is 2.03. The van der Waals surface area contributed by atoms with Crippen LogP contribution in [0.15, 0.2) is 24.4 Å². The van der Waals surface area contributed by atoms with Gasteiger partial charge in [0.2, 0.25) is 0 Å². The van der Waals surface area contributed by atoms with Gasteiger partial charge in [0.25, 0.3) is 0 Å². The van der Waals surface area contributed by atoms with Gasteiger partial charge in [0.05, 0.1) is 13.2 Å². The molecule has 0 aromatic carbocycles. The lowest BCUT2D eigenvalue weighted by molar-refractivity contribution is 0.169. The molecule has 0 aromatic heterocycles. The maximum Gasteiger partial charge on any atom is 0.0871 e. The largest absolute Gasteiger partial charge is 0.371 e. The summed E-state index contributed by atoms with van der Waals surface area (Å²) in [5.74, 6) is 0. The van der Waals surface area contributed by atoms with Crippen LogP contribution in [-0.4, -0.2) is 24.6 Å². The van der Waals surface area contributed by atoms with Crippen LogP contribution in [0.2, 0.25) is 0 Å². The summed E-state index contributed by atoms with van der Waals surface area (Å²) in [6.07, 6.45) is 0.961. The molecular formula is C9H17NOS. The zero-order valence-electron chi connectivity index (χ0n) is 7.84. The molecular weight excluding hydrogens is 170 g/mol. The van der Waals surface area contributed by atoms with Crippen molar-refractivity contribution in [1.82, 2.24) is 4.31 Å². The molecule has 0 unspecified atom stereocenters. The minimum absolute atomic E-state index is 0.513. The zero-order chi connectivity index (χ0) is 9.56. The monoisotopic (exact) mass is 187 g/mol. The van der Waals surface area contributed by atoms with Crippen LogP contribution in [0, 0.1) is 0 Å². The first-order valence-electron chi connectivity index (χ1n) is 3.92. The molecule has 0 aliphatic carbocycles. The molecule has 0 aliphatic rings. The molecule has 0 spiro atoms. The minimum Gasteiger partial charge on any atom is -0.371 e. The molecule has 0 aliphatic heterocycles. The van der Waals surface area contributed by atoms with E-state index in [9.17, 15) is 0 Å². The van der Waals surface area contributed by atoms with E-state index >= 15 is 0 Å². The minimum atomic E-state index is 0.513. The van der Waals surface area contributed by atoms with Gasteiger partial charge >= 0.3 is 0 Å². The average molecular weight is 187 g/mol.